The molecule has 2 N–H and O–H groups in total. The van der Waals surface area contributed by atoms with E-state index in [1.54, 1.807) is 19.2 Å². The lowest BCUT2D eigenvalue weighted by molar-refractivity contribution is 0.360. The van der Waals surface area contributed by atoms with E-state index in [0.29, 0.717) is 6.54 Å². The average molecular weight is 237 g/mol. The molecule has 1 aliphatic carbocycles. The third kappa shape index (κ3) is 2.29. The van der Waals surface area contributed by atoms with Crippen molar-refractivity contribution >= 4 is 0 Å². The lowest BCUT2D eigenvalue weighted by Crippen LogP contribution is -2.26. The van der Waals surface area contributed by atoms with Crippen molar-refractivity contribution in [2.75, 3.05) is 13.7 Å². The fourth-order valence-electron chi connectivity index (χ4n) is 3.08. The smallest absolute Gasteiger partial charge is 0.123 e. The van der Waals surface area contributed by atoms with E-state index in [9.17, 15) is 4.39 Å². The molecule has 2 nitrogen and oxygen atoms in total. The van der Waals surface area contributed by atoms with Gasteiger partial charge >= 0.3 is 0 Å². The standard InChI is InChI=1S/C14H20FNO/c1-17-13-5-4-11(15)10-12(13)14(8-9-16)6-2-3-7-14/h4-5,10H,2-3,6-9,16H2,1H3. The Kier molecular flexibility index (Phi) is 3.67. The van der Waals surface area contributed by atoms with Crippen LogP contribution in [0.4, 0.5) is 4.39 Å². The maximum atomic E-state index is 13.5. The highest BCUT2D eigenvalue weighted by atomic mass is 19.1. The second kappa shape index (κ2) is 5.05. The van der Waals surface area contributed by atoms with Crippen LogP contribution in [0.3, 0.4) is 0 Å². The van der Waals surface area contributed by atoms with Gasteiger partial charge < -0.3 is 10.5 Å². The molecule has 1 fully saturated rings. The van der Waals surface area contributed by atoms with Crippen LogP contribution >= 0.6 is 0 Å². The number of halogens is 1. The Hall–Kier alpha value is -1.09. The zero-order chi connectivity index (χ0) is 12.3. The maximum absolute atomic E-state index is 13.5. The van der Waals surface area contributed by atoms with Crippen molar-refractivity contribution in [1.29, 1.82) is 0 Å². The van der Waals surface area contributed by atoms with Crippen LogP contribution in [-0.2, 0) is 5.41 Å². The van der Waals surface area contributed by atoms with Crippen molar-refractivity contribution in [3.63, 3.8) is 0 Å². The van der Waals surface area contributed by atoms with Gasteiger partial charge in [0.15, 0.2) is 0 Å². The van der Waals surface area contributed by atoms with Gasteiger partial charge in [-0.05, 0) is 44.0 Å². The van der Waals surface area contributed by atoms with E-state index in [1.807, 2.05) is 0 Å². The summed E-state index contributed by atoms with van der Waals surface area (Å²) in [5.74, 6) is 0.603. The normalized spacial score (nSPS) is 18.3. The molecule has 0 unspecified atom stereocenters. The van der Waals surface area contributed by atoms with Crippen LogP contribution in [0.25, 0.3) is 0 Å². The summed E-state index contributed by atoms with van der Waals surface area (Å²) in [6.07, 6.45) is 5.47. The molecule has 0 aromatic heterocycles. The van der Waals surface area contributed by atoms with Gasteiger partial charge in [-0.25, -0.2) is 4.39 Å². The number of ether oxygens (including phenoxy) is 1. The van der Waals surface area contributed by atoms with E-state index < -0.39 is 0 Å². The number of benzene rings is 1. The molecule has 0 aliphatic heterocycles. The minimum Gasteiger partial charge on any atom is -0.496 e. The third-order valence-corrected chi connectivity index (χ3v) is 3.92. The predicted molar refractivity (Wildman–Crippen MR) is 66.8 cm³/mol. The summed E-state index contributed by atoms with van der Waals surface area (Å²) in [6.45, 7) is 0.639. The fourth-order valence-corrected chi connectivity index (χ4v) is 3.08. The van der Waals surface area contributed by atoms with Gasteiger partial charge in [-0.1, -0.05) is 12.8 Å². The number of methoxy groups -OCH3 is 1. The Bertz CT molecular complexity index is 386. The van der Waals surface area contributed by atoms with E-state index in [0.717, 1.165) is 30.6 Å². The molecule has 1 aliphatic rings. The molecule has 1 saturated carbocycles. The van der Waals surface area contributed by atoms with Crippen molar-refractivity contribution in [3.8, 4) is 5.75 Å². The SMILES string of the molecule is COc1ccc(F)cc1C1(CCN)CCCC1. The first-order valence-corrected chi connectivity index (χ1v) is 6.26. The van der Waals surface area contributed by atoms with Crippen LogP contribution in [0.2, 0.25) is 0 Å². The van der Waals surface area contributed by atoms with E-state index in [1.165, 1.54) is 18.9 Å². The second-order valence-corrected chi connectivity index (χ2v) is 4.87. The van der Waals surface area contributed by atoms with Gasteiger partial charge in [-0.15, -0.1) is 0 Å². The monoisotopic (exact) mass is 237 g/mol. The Labute approximate surface area is 102 Å². The minimum atomic E-state index is -0.191. The van der Waals surface area contributed by atoms with Crippen molar-refractivity contribution in [1.82, 2.24) is 0 Å². The Morgan fingerprint density at radius 3 is 2.65 bits per heavy atom. The first-order valence-electron chi connectivity index (χ1n) is 6.26. The molecule has 0 bridgehead atoms. The summed E-state index contributed by atoms with van der Waals surface area (Å²) in [5, 5.41) is 0. The number of hydrogen-bond acceptors (Lipinski definition) is 2. The first-order chi connectivity index (χ1) is 8.22. The first kappa shape index (κ1) is 12.4. The molecule has 0 amide bonds. The summed E-state index contributed by atoms with van der Waals surface area (Å²) in [4.78, 5) is 0. The van der Waals surface area contributed by atoms with Gasteiger partial charge in [0.2, 0.25) is 0 Å². The summed E-state index contributed by atoms with van der Waals surface area (Å²) in [7, 11) is 1.64. The highest BCUT2D eigenvalue weighted by Crippen LogP contribution is 2.46. The van der Waals surface area contributed by atoms with Crippen molar-refractivity contribution in [2.24, 2.45) is 5.73 Å². The largest absolute Gasteiger partial charge is 0.496 e. The summed E-state index contributed by atoms with van der Waals surface area (Å²) < 4.78 is 18.8. The Morgan fingerprint density at radius 2 is 2.06 bits per heavy atom. The fraction of sp³-hybridized carbons (Fsp3) is 0.571. The van der Waals surface area contributed by atoms with Crippen LogP contribution in [-0.4, -0.2) is 13.7 Å². The maximum Gasteiger partial charge on any atom is 0.123 e. The molecule has 0 spiro atoms. The van der Waals surface area contributed by atoms with Gasteiger partial charge in [0.1, 0.15) is 11.6 Å². The Morgan fingerprint density at radius 1 is 1.35 bits per heavy atom. The zero-order valence-electron chi connectivity index (χ0n) is 10.3. The van der Waals surface area contributed by atoms with Crippen LogP contribution in [0.15, 0.2) is 18.2 Å². The number of nitrogens with two attached hydrogens (primary N) is 1. The molecule has 0 atom stereocenters. The average Bonchev–Trinajstić information content (AvgIpc) is 2.79. The van der Waals surface area contributed by atoms with Gasteiger partial charge in [0.05, 0.1) is 7.11 Å². The van der Waals surface area contributed by atoms with Crippen molar-refractivity contribution in [3.05, 3.63) is 29.6 Å². The topological polar surface area (TPSA) is 35.2 Å². The summed E-state index contributed by atoms with van der Waals surface area (Å²) in [6, 6.07) is 4.80. The molecule has 1 aromatic carbocycles. The van der Waals surface area contributed by atoms with Crippen LogP contribution in [0.5, 0.6) is 5.75 Å². The molecule has 0 radical (unpaired) electrons. The van der Waals surface area contributed by atoms with E-state index in [-0.39, 0.29) is 11.2 Å². The van der Waals surface area contributed by atoms with Gasteiger partial charge in [0.25, 0.3) is 0 Å². The van der Waals surface area contributed by atoms with E-state index in [2.05, 4.69) is 0 Å². The molecule has 94 valence electrons. The second-order valence-electron chi connectivity index (χ2n) is 4.87. The molecular formula is C14H20FNO. The van der Waals surface area contributed by atoms with Gasteiger partial charge in [-0.2, -0.15) is 0 Å². The highest BCUT2D eigenvalue weighted by molar-refractivity contribution is 5.41. The predicted octanol–water partition coefficient (Wildman–Crippen LogP) is 2.99. The molecule has 1 aromatic rings. The molecule has 0 heterocycles. The van der Waals surface area contributed by atoms with Crippen LogP contribution in [0.1, 0.15) is 37.7 Å². The van der Waals surface area contributed by atoms with E-state index >= 15 is 0 Å². The quantitative estimate of drug-likeness (QED) is 0.873. The third-order valence-electron chi connectivity index (χ3n) is 3.92. The highest BCUT2D eigenvalue weighted by Gasteiger charge is 2.37. The zero-order valence-corrected chi connectivity index (χ0v) is 10.3. The summed E-state index contributed by atoms with van der Waals surface area (Å²) >= 11 is 0. The van der Waals surface area contributed by atoms with Crippen molar-refractivity contribution in [2.45, 2.75) is 37.5 Å². The lowest BCUT2D eigenvalue weighted by Gasteiger charge is -2.30. The molecule has 17 heavy (non-hydrogen) atoms. The number of hydrogen-bond donors (Lipinski definition) is 1. The molecule has 3 heteroatoms. The lowest BCUT2D eigenvalue weighted by atomic mass is 9.75. The molecular weight excluding hydrogens is 217 g/mol. The van der Waals surface area contributed by atoms with Gasteiger partial charge in [0, 0.05) is 11.0 Å². The Balaban J connectivity index is 2.44. The van der Waals surface area contributed by atoms with Gasteiger partial charge in [-0.3, -0.25) is 0 Å². The number of rotatable bonds is 4. The van der Waals surface area contributed by atoms with E-state index in [4.69, 9.17) is 10.5 Å². The van der Waals surface area contributed by atoms with Crippen molar-refractivity contribution < 1.29 is 9.13 Å². The van der Waals surface area contributed by atoms with Crippen LogP contribution < -0.4 is 10.5 Å². The summed E-state index contributed by atoms with van der Waals surface area (Å²) in [5.41, 5.74) is 6.76. The molecule has 0 saturated heterocycles. The molecule has 2 rings (SSSR count). The minimum absolute atomic E-state index is 0.0300. The van der Waals surface area contributed by atoms with Crippen LogP contribution in [0, 0.1) is 5.82 Å².